The van der Waals surface area contributed by atoms with E-state index in [2.05, 4.69) is 10.4 Å². The molecule has 2 saturated heterocycles. The average molecular weight is 349 g/mol. The summed E-state index contributed by atoms with van der Waals surface area (Å²) in [6, 6.07) is 0. The first kappa shape index (κ1) is 17.5. The van der Waals surface area contributed by atoms with Gasteiger partial charge in [-0.1, -0.05) is 11.6 Å². The molecular weight excluding hydrogens is 327 g/mol. The summed E-state index contributed by atoms with van der Waals surface area (Å²) in [7, 11) is 1.75. The number of aliphatic hydroxyl groups is 1. The number of aliphatic hydroxyl groups excluding tert-OH is 1. The molecule has 2 aliphatic heterocycles. The lowest BCUT2D eigenvalue weighted by molar-refractivity contribution is -0.0434. The van der Waals surface area contributed by atoms with Crippen molar-refractivity contribution in [2.24, 2.45) is 12.5 Å². The summed E-state index contributed by atoms with van der Waals surface area (Å²) in [4.78, 5) is 14.4. The van der Waals surface area contributed by atoms with E-state index in [1.165, 1.54) is 0 Å². The largest absolute Gasteiger partial charge is 0.392 e. The van der Waals surface area contributed by atoms with Crippen molar-refractivity contribution in [3.63, 3.8) is 0 Å². The molecule has 3 rings (SSSR count). The molecular formula is C14H22Cl2N4O2. The zero-order chi connectivity index (χ0) is 15.0. The number of rotatable bonds is 1. The summed E-state index contributed by atoms with van der Waals surface area (Å²) < 4.78 is 1.55. The number of likely N-dealkylation sites (tertiary alicyclic amines) is 1. The number of hydrogen-bond acceptors (Lipinski definition) is 4. The molecule has 1 aromatic rings. The molecule has 1 spiro atoms. The molecule has 3 heterocycles. The SMILES string of the molecule is Cl.Cn1cc(Cl)c(C(=O)N2CCC[C@]3(CNCC[C@@H]3O)C2)n1. The van der Waals surface area contributed by atoms with E-state index >= 15 is 0 Å². The summed E-state index contributed by atoms with van der Waals surface area (Å²) in [5, 5.41) is 18.3. The van der Waals surface area contributed by atoms with Crippen molar-refractivity contribution in [3.05, 3.63) is 16.9 Å². The van der Waals surface area contributed by atoms with E-state index in [9.17, 15) is 9.90 Å². The van der Waals surface area contributed by atoms with Crippen LogP contribution in [0.4, 0.5) is 0 Å². The zero-order valence-electron chi connectivity index (χ0n) is 12.6. The van der Waals surface area contributed by atoms with Crippen molar-refractivity contribution in [2.75, 3.05) is 26.2 Å². The highest BCUT2D eigenvalue weighted by Crippen LogP contribution is 2.36. The number of aryl methyl sites for hydroxylation is 1. The lowest BCUT2D eigenvalue weighted by atomic mass is 9.72. The standard InChI is InChI=1S/C14H21ClN4O2.ClH/c1-18-7-10(15)12(17-18)13(21)19-6-2-4-14(9-19)8-16-5-3-11(14)20;/h7,11,16,20H,2-6,8-9H2,1H3;1H/t11-,14-;/m0./s1. The Morgan fingerprint density at radius 3 is 3.00 bits per heavy atom. The zero-order valence-corrected chi connectivity index (χ0v) is 14.2. The molecule has 1 amide bonds. The van der Waals surface area contributed by atoms with Gasteiger partial charge in [0.1, 0.15) is 0 Å². The van der Waals surface area contributed by atoms with Crippen LogP contribution in [0, 0.1) is 5.41 Å². The maximum absolute atomic E-state index is 12.6. The monoisotopic (exact) mass is 348 g/mol. The van der Waals surface area contributed by atoms with E-state index in [-0.39, 0.29) is 29.8 Å². The van der Waals surface area contributed by atoms with Crippen LogP contribution < -0.4 is 5.32 Å². The lowest BCUT2D eigenvalue weighted by Gasteiger charge is -2.48. The van der Waals surface area contributed by atoms with Gasteiger partial charge in [-0.2, -0.15) is 5.10 Å². The summed E-state index contributed by atoms with van der Waals surface area (Å²) in [5.41, 5.74) is 0.0717. The predicted molar refractivity (Wildman–Crippen MR) is 86.5 cm³/mol. The molecule has 0 unspecified atom stereocenters. The van der Waals surface area contributed by atoms with Crippen molar-refractivity contribution in [1.29, 1.82) is 0 Å². The Hall–Kier alpha value is -0.820. The van der Waals surface area contributed by atoms with Crippen LogP contribution in [0.3, 0.4) is 0 Å². The summed E-state index contributed by atoms with van der Waals surface area (Å²) in [6.45, 7) is 2.85. The van der Waals surface area contributed by atoms with Gasteiger partial charge < -0.3 is 15.3 Å². The van der Waals surface area contributed by atoms with Gasteiger partial charge in [0.15, 0.2) is 5.69 Å². The van der Waals surface area contributed by atoms with Gasteiger partial charge in [0.05, 0.1) is 11.1 Å². The third kappa shape index (κ3) is 3.11. The summed E-state index contributed by atoms with van der Waals surface area (Å²) in [5.74, 6) is -0.141. The molecule has 0 saturated carbocycles. The van der Waals surface area contributed by atoms with Crippen LogP contribution in [0.5, 0.6) is 0 Å². The third-order valence-electron chi connectivity index (χ3n) is 4.66. The van der Waals surface area contributed by atoms with E-state index in [1.54, 1.807) is 22.8 Å². The van der Waals surface area contributed by atoms with Crippen LogP contribution in [0.15, 0.2) is 6.20 Å². The Morgan fingerprint density at radius 2 is 2.36 bits per heavy atom. The molecule has 2 fully saturated rings. The van der Waals surface area contributed by atoms with Gasteiger partial charge in [0.2, 0.25) is 0 Å². The van der Waals surface area contributed by atoms with Crippen LogP contribution in [-0.4, -0.2) is 58.0 Å². The molecule has 1 aromatic heterocycles. The van der Waals surface area contributed by atoms with Crippen LogP contribution in [0.2, 0.25) is 5.02 Å². The molecule has 8 heteroatoms. The number of piperidine rings is 2. The van der Waals surface area contributed by atoms with E-state index in [4.69, 9.17) is 11.6 Å². The quantitative estimate of drug-likeness (QED) is 0.796. The van der Waals surface area contributed by atoms with Crippen molar-refractivity contribution in [1.82, 2.24) is 20.0 Å². The maximum atomic E-state index is 12.6. The van der Waals surface area contributed by atoms with Crippen molar-refractivity contribution < 1.29 is 9.90 Å². The first-order chi connectivity index (χ1) is 10.0. The first-order valence-electron chi connectivity index (χ1n) is 7.39. The highest BCUT2D eigenvalue weighted by molar-refractivity contribution is 6.33. The van der Waals surface area contributed by atoms with E-state index in [1.807, 2.05) is 0 Å². The fourth-order valence-electron chi connectivity index (χ4n) is 3.50. The van der Waals surface area contributed by atoms with E-state index < -0.39 is 0 Å². The second kappa shape index (κ2) is 6.74. The van der Waals surface area contributed by atoms with Gasteiger partial charge >= 0.3 is 0 Å². The van der Waals surface area contributed by atoms with E-state index in [0.717, 1.165) is 32.4 Å². The normalized spacial score (nSPS) is 28.5. The van der Waals surface area contributed by atoms with Crippen LogP contribution in [-0.2, 0) is 7.05 Å². The minimum atomic E-state index is -0.353. The number of nitrogens with one attached hydrogen (secondary N) is 1. The molecule has 2 atom stereocenters. The van der Waals surface area contributed by atoms with Crippen molar-refractivity contribution >= 4 is 29.9 Å². The number of carbonyl (C=O) groups excluding carboxylic acids is 1. The number of halogens is 2. The first-order valence-corrected chi connectivity index (χ1v) is 7.77. The van der Waals surface area contributed by atoms with Gasteiger partial charge in [0.25, 0.3) is 5.91 Å². The van der Waals surface area contributed by atoms with Crippen molar-refractivity contribution in [3.8, 4) is 0 Å². The minimum Gasteiger partial charge on any atom is -0.392 e. The molecule has 0 aliphatic carbocycles. The number of nitrogens with zero attached hydrogens (tertiary/aromatic N) is 3. The second-order valence-electron chi connectivity index (χ2n) is 6.17. The maximum Gasteiger partial charge on any atom is 0.275 e. The molecule has 0 aromatic carbocycles. The number of amides is 1. The molecule has 0 bridgehead atoms. The topological polar surface area (TPSA) is 70.4 Å². The molecule has 2 N–H and O–H groups in total. The number of hydrogen-bond donors (Lipinski definition) is 2. The Morgan fingerprint density at radius 1 is 1.59 bits per heavy atom. The van der Waals surface area contributed by atoms with E-state index in [0.29, 0.717) is 23.8 Å². The van der Waals surface area contributed by atoms with Crippen LogP contribution >= 0.6 is 24.0 Å². The Kier molecular flexibility index (Phi) is 5.37. The van der Waals surface area contributed by atoms with Crippen molar-refractivity contribution in [2.45, 2.75) is 25.4 Å². The lowest BCUT2D eigenvalue weighted by Crippen LogP contribution is -2.58. The highest BCUT2D eigenvalue weighted by Gasteiger charge is 2.44. The Bertz CT molecular complexity index is 547. The van der Waals surface area contributed by atoms with Gasteiger partial charge in [-0.25, -0.2) is 0 Å². The van der Waals surface area contributed by atoms with Gasteiger partial charge in [-0.15, -0.1) is 12.4 Å². The van der Waals surface area contributed by atoms with Crippen LogP contribution in [0.1, 0.15) is 29.8 Å². The Labute approximate surface area is 141 Å². The molecule has 22 heavy (non-hydrogen) atoms. The van der Waals surface area contributed by atoms with Gasteiger partial charge in [-0.3, -0.25) is 9.48 Å². The number of carbonyl (C=O) groups is 1. The van der Waals surface area contributed by atoms with Gasteiger partial charge in [-0.05, 0) is 25.8 Å². The van der Waals surface area contributed by atoms with Gasteiger partial charge in [0, 0.05) is 38.3 Å². The summed E-state index contributed by atoms with van der Waals surface area (Å²) in [6.07, 6.45) is 3.86. The average Bonchev–Trinajstić information content (AvgIpc) is 2.81. The molecule has 0 radical (unpaired) electrons. The third-order valence-corrected chi connectivity index (χ3v) is 4.94. The second-order valence-corrected chi connectivity index (χ2v) is 6.58. The summed E-state index contributed by atoms with van der Waals surface area (Å²) >= 11 is 6.07. The molecule has 124 valence electrons. The number of aromatic nitrogens is 2. The highest BCUT2D eigenvalue weighted by atomic mass is 35.5. The minimum absolute atomic E-state index is 0. The fraction of sp³-hybridized carbons (Fsp3) is 0.714. The smallest absolute Gasteiger partial charge is 0.275 e. The van der Waals surface area contributed by atoms with Crippen LogP contribution in [0.25, 0.3) is 0 Å². The molecule has 6 nitrogen and oxygen atoms in total. The fourth-order valence-corrected chi connectivity index (χ4v) is 3.76. The predicted octanol–water partition coefficient (Wildman–Crippen LogP) is 1.07. The Balaban J connectivity index is 0.00000176. The molecule has 2 aliphatic rings.